The highest BCUT2D eigenvalue weighted by Gasteiger charge is 2.37. The minimum atomic E-state index is -1.00. The van der Waals surface area contributed by atoms with Gasteiger partial charge in [0, 0.05) is 19.3 Å². The second-order valence-corrected chi connectivity index (χ2v) is 5.75. The normalized spacial score (nSPS) is 18.7. The predicted octanol–water partition coefficient (Wildman–Crippen LogP) is 1.64. The Hall–Kier alpha value is -2.83. The molecule has 23 heavy (non-hydrogen) atoms. The molecule has 0 spiro atoms. The Morgan fingerprint density at radius 2 is 2.26 bits per heavy atom. The van der Waals surface area contributed by atoms with Crippen LogP contribution in [-0.2, 0) is 0 Å². The van der Waals surface area contributed by atoms with E-state index in [1.807, 2.05) is 24.3 Å². The molecular formula is C16H17N5O2. The van der Waals surface area contributed by atoms with E-state index < -0.39 is 5.97 Å². The van der Waals surface area contributed by atoms with Crippen LogP contribution in [0.4, 0.5) is 17.3 Å². The van der Waals surface area contributed by atoms with Gasteiger partial charge in [-0.3, -0.25) is 0 Å². The summed E-state index contributed by atoms with van der Waals surface area (Å²) in [6.07, 6.45) is 2.78. The second kappa shape index (κ2) is 5.42. The van der Waals surface area contributed by atoms with Crippen molar-refractivity contribution in [3.63, 3.8) is 0 Å². The van der Waals surface area contributed by atoms with Gasteiger partial charge in [0.25, 0.3) is 0 Å². The highest BCUT2D eigenvalue weighted by atomic mass is 16.4. The number of hydrogen-bond donors (Lipinski definition) is 2. The number of pyridine rings is 2. The Morgan fingerprint density at radius 3 is 3.04 bits per heavy atom. The van der Waals surface area contributed by atoms with Crippen LogP contribution in [0.1, 0.15) is 16.9 Å². The first kappa shape index (κ1) is 13.8. The van der Waals surface area contributed by atoms with Crippen molar-refractivity contribution in [3.8, 4) is 0 Å². The Morgan fingerprint density at radius 1 is 1.35 bits per heavy atom. The van der Waals surface area contributed by atoms with Gasteiger partial charge >= 0.3 is 5.97 Å². The van der Waals surface area contributed by atoms with Crippen molar-refractivity contribution >= 4 is 23.3 Å². The first-order chi connectivity index (χ1) is 11.2. The predicted molar refractivity (Wildman–Crippen MR) is 87.0 cm³/mol. The molecule has 7 nitrogen and oxygen atoms in total. The molecule has 118 valence electrons. The number of carboxylic acid groups (broad SMARTS) is 1. The van der Waals surface area contributed by atoms with Crippen LogP contribution in [0.2, 0.25) is 0 Å². The lowest BCUT2D eigenvalue weighted by atomic mass is 10.2. The number of carboxylic acids is 1. The van der Waals surface area contributed by atoms with Crippen molar-refractivity contribution in [2.45, 2.75) is 12.5 Å². The van der Waals surface area contributed by atoms with Gasteiger partial charge in [0.1, 0.15) is 5.82 Å². The topological polar surface area (TPSA) is 81.6 Å². The van der Waals surface area contributed by atoms with Crippen molar-refractivity contribution in [2.75, 3.05) is 34.9 Å². The molecule has 1 atom stereocenters. The molecule has 2 aromatic heterocycles. The molecule has 2 aromatic rings. The Bertz CT molecular complexity index is 737. The van der Waals surface area contributed by atoms with E-state index in [1.54, 1.807) is 12.3 Å². The number of nitrogens with zero attached hydrogens (tertiary/aromatic N) is 4. The van der Waals surface area contributed by atoms with Gasteiger partial charge in [-0.15, -0.1) is 0 Å². The van der Waals surface area contributed by atoms with Gasteiger partial charge in [0.15, 0.2) is 11.5 Å². The number of fused-ring (bicyclic) bond motifs is 4. The number of rotatable bonds is 4. The monoisotopic (exact) mass is 311 g/mol. The highest BCUT2D eigenvalue weighted by molar-refractivity contribution is 5.87. The quantitative estimate of drug-likeness (QED) is 0.888. The Kier molecular flexibility index (Phi) is 3.25. The van der Waals surface area contributed by atoms with Crippen molar-refractivity contribution in [3.05, 3.63) is 42.2 Å². The molecule has 4 rings (SSSR count). The number of nitrogens with one attached hydrogen (secondary N) is 1. The third-order valence-electron chi connectivity index (χ3n) is 4.39. The maximum Gasteiger partial charge on any atom is 0.354 e. The lowest BCUT2D eigenvalue weighted by Crippen LogP contribution is -2.45. The molecule has 2 aliphatic heterocycles. The van der Waals surface area contributed by atoms with Crippen molar-refractivity contribution < 1.29 is 9.90 Å². The first-order valence-corrected chi connectivity index (χ1v) is 7.63. The van der Waals surface area contributed by atoms with Crippen LogP contribution in [0, 0.1) is 0 Å². The standard InChI is InChI=1S/C16H17N5O2/c22-16(23)12-4-5-13-15(19-12)21(11-6-8-20(13)9-11)10-18-14-3-1-2-7-17-14/h1-5,7,11H,6,8-10H2,(H,17,18)(H,22,23)/t11-/m0/s1. The third kappa shape index (κ3) is 2.44. The lowest BCUT2D eigenvalue weighted by molar-refractivity contribution is 0.0690. The fourth-order valence-corrected chi connectivity index (χ4v) is 3.24. The third-order valence-corrected chi connectivity index (χ3v) is 4.39. The van der Waals surface area contributed by atoms with Crippen LogP contribution in [0.5, 0.6) is 0 Å². The lowest BCUT2D eigenvalue weighted by Gasteiger charge is -2.37. The van der Waals surface area contributed by atoms with E-state index in [0.717, 1.165) is 36.8 Å². The number of carbonyl (C=O) groups is 1. The van der Waals surface area contributed by atoms with Crippen LogP contribution in [0.3, 0.4) is 0 Å². The summed E-state index contributed by atoms with van der Waals surface area (Å²) < 4.78 is 0. The van der Waals surface area contributed by atoms with E-state index in [0.29, 0.717) is 12.7 Å². The molecule has 4 heterocycles. The van der Waals surface area contributed by atoms with Gasteiger partial charge in [-0.05, 0) is 30.7 Å². The molecule has 0 unspecified atom stereocenters. The van der Waals surface area contributed by atoms with Crippen LogP contribution in [0.15, 0.2) is 36.5 Å². The van der Waals surface area contributed by atoms with E-state index in [9.17, 15) is 9.90 Å². The van der Waals surface area contributed by atoms with Crippen molar-refractivity contribution in [2.24, 2.45) is 0 Å². The minimum Gasteiger partial charge on any atom is -0.477 e. The molecule has 0 saturated carbocycles. The Labute approximate surface area is 133 Å². The van der Waals surface area contributed by atoms with E-state index in [1.165, 1.54) is 0 Å². The SMILES string of the molecule is O=C(O)c1ccc2c(n1)N(CNc1ccccn1)[C@H]1CCN2C1. The fourth-order valence-electron chi connectivity index (χ4n) is 3.24. The van der Waals surface area contributed by atoms with E-state index in [4.69, 9.17) is 0 Å². The van der Waals surface area contributed by atoms with E-state index in [2.05, 4.69) is 25.1 Å². The summed E-state index contributed by atoms with van der Waals surface area (Å²) >= 11 is 0. The largest absolute Gasteiger partial charge is 0.477 e. The number of hydrogen-bond acceptors (Lipinski definition) is 6. The number of aromatic carboxylic acids is 1. The summed E-state index contributed by atoms with van der Waals surface area (Å²) in [5.41, 5.74) is 1.08. The van der Waals surface area contributed by atoms with Gasteiger partial charge < -0.3 is 20.2 Å². The van der Waals surface area contributed by atoms with Gasteiger partial charge in [-0.1, -0.05) is 6.07 Å². The van der Waals surface area contributed by atoms with Gasteiger partial charge in [0.05, 0.1) is 18.4 Å². The molecule has 0 aromatic carbocycles. The van der Waals surface area contributed by atoms with Gasteiger partial charge in [-0.25, -0.2) is 14.8 Å². The Balaban J connectivity index is 1.64. The highest BCUT2D eigenvalue weighted by Crippen LogP contribution is 2.38. The maximum atomic E-state index is 11.2. The molecular weight excluding hydrogens is 294 g/mol. The van der Waals surface area contributed by atoms with Crippen LogP contribution < -0.4 is 15.1 Å². The van der Waals surface area contributed by atoms with Crippen LogP contribution >= 0.6 is 0 Å². The summed E-state index contributed by atoms with van der Waals surface area (Å²) in [5.74, 6) is 0.532. The summed E-state index contributed by atoms with van der Waals surface area (Å²) in [6, 6.07) is 9.49. The molecule has 2 bridgehead atoms. The molecule has 2 N–H and O–H groups in total. The number of anilines is 3. The summed E-state index contributed by atoms with van der Waals surface area (Å²) in [7, 11) is 0. The van der Waals surface area contributed by atoms with Crippen molar-refractivity contribution in [1.82, 2.24) is 9.97 Å². The molecule has 7 heteroatoms. The second-order valence-electron chi connectivity index (χ2n) is 5.75. The molecule has 0 radical (unpaired) electrons. The smallest absolute Gasteiger partial charge is 0.354 e. The summed E-state index contributed by atoms with van der Waals surface area (Å²) in [4.78, 5) is 24.3. The fraction of sp³-hybridized carbons (Fsp3) is 0.312. The van der Waals surface area contributed by atoms with E-state index in [-0.39, 0.29) is 5.69 Å². The average Bonchev–Trinajstić information content (AvgIpc) is 3.00. The molecule has 0 amide bonds. The average molecular weight is 311 g/mol. The number of aromatic nitrogens is 2. The molecule has 2 aliphatic rings. The van der Waals surface area contributed by atoms with E-state index >= 15 is 0 Å². The zero-order valence-corrected chi connectivity index (χ0v) is 12.5. The molecule has 1 fully saturated rings. The molecule has 0 aliphatic carbocycles. The maximum absolute atomic E-state index is 11.2. The van der Waals surface area contributed by atoms with Crippen LogP contribution in [-0.4, -0.2) is 46.8 Å². The first-order valence-electron chi connectivity index (χ1n) is 7.63. The zero-order chi connectivity index (χ0) is 15.8. The van der Waals surface area contributed by atoms with Gasteiger partial charge in [-0.2, -0.15) is 0 Å². The zero-order valence-electron chi connectivity index (χ0n) is 12.5. The summed E-state index contributed by atoms with van der Waals surface area (Å²) in [6.45, 7) is 2.48. The van der Waals surface area contributed by atoms with Gasteiger partial charge in [0.2, 0.25) is 0 Å². The van der Waals surface area contributed by atoms with Crippen molar-refractivity contribution in [1.29, 1.82) is 0 Å². The minimum absolute atomic E-state index is 0.0779. The summed E-state index contributed by atoms with van der Waals surface area (Å²) in [5, 5.41) is 12.5. The molecule has 1 saturated heterocycles. The van der Waals surface area contributed by atoms with Crippen LogP contribution in [0.25, 0.3) is 0 Å².